The number of nitrogens with zero attached hydrogens (tertiary/aromatic N) is 3. The third-order valence-corrected chi connectivity index (χ3v) is 8.31. The molecule has 0 spiro atoms. The lowest BCUT2D eigenvalue weighted by Gasteiger charge is -2.53. The van der Waals surface area contributed by atoms with Gasteiger partial charge >= 0.3 is 5.97 Å². The number of fused-ring (bicyclic) bond motifs is 1. The Hall–Kier alpha value is -2.50. The molecule has 2 atom stereocenters. The van der Waals surface area contributed by atoms with E-state index >= 15 is 0 Å². The number of oxime groups is 1. The first kappa shape index (κ1) is 22.7. The molecular formula is C21H28N5O4S2+. The lowest BCUT2D eigenvalue weighted by atomic mass is 9.99. The van der Waals surface area contributed by atoms with Crippen LogP contribution >= 0.6 is 23.1 Å². The van der Waals surface area contributed by atoms with Gasteiger partial charge < -0.3 is 30.4 Å². The van der Waals surface area contributed by atoms with Crippen LogP contribution in [-0.4, -0.2) is 83.0 Å². The van der Waals surface area contributed by atoms with Crippen molar-refractivity contribution in [2.75, 3.05) is 45.3 Å². The normalized spacial score (nSPS) is 24.8. The monoisotopic (exact) mass is 478 g/mol. The van der Waals surface area contributed by atoms with Gasteiger partial charge in [0.15, 0.2) is 5.71 Å². The van der Waals surface area contributed by atoms with Crippen molar-refractivity contribution >= 4 is 45.7 Å². The summed E-state index contributed by atoms with van der Waals surface area (Å²) in [5.74, 6) is -0.744. The Morgan fingerprint density at radius 2 is 2.16 bits per heavy atom. The standard InChI is InChI=1S/C21H27N5O4S2/c1-12-16(23-19(27)17(24-30-3)13-8-15(22)31-10-13)20-25(12)18(21(28)29)14(11-32-20)9-26(2)6-4-5-7-26/h8,10,16,20H,1,4-7,9,11,22H2,2-3H3,(H-,23,27,28,29)/p+1/b24-17-. The van der Waals surface area contributed by atoms with Crippen LogP contribution in [0.1, 0.15) is 18.4 Å². The largest absolute Gasteiger partial charge is 0.477 e. The van der Waals surface area contributed by atoms with Gasteiger partial charge in [0.1, 0.15) is 24.7 Å². The zero-order valence-electron chi connectivity index (χ0n) is 18.2. The molecular weight excluding hydrogens is 450 g/mol. The minimum absolute atomic E-state index is 0.119. The number of thioether (sulfide) groups is 1. The number of amides is 1. The molecule has 0 saturated carbocycles. The van der Waals surface area contributed by atoms with Gasteiger partial charge in [0.05, 0.1) is 31.2 Å². The number of quaternary nitrogens is 1. The van der Waals surface area contributed by atoms with Gasteiger partial charge in [-0.25, -0.2) is 4.79 Å². The molecule has 1 amide bonds. The van der Waals surface area contributed by atoms with Crippen molar-refractivity contribution in [2.45, 2.75) is 24.3 Å². The highest BCUT2D eigenvalue weighted by molar-refractivity contribution is 8.00. The van der Waals surface area contributed by atoms with Gasteiger partial charge in [-0.3, -0.25) is 4.79 Å². The predicted octanol–water partition coefficient (Wildman–Crippen LogP) is 1.65. The lowest BCUT2D eigenvalue weighted by Crippen LogP contribution is -2.65. The molecule has 172 valence electrons. The number of hydrogen-bond donors (Lipinski definition) is 3. The summed E-state index contributed by atoms with van der Waals surface area (Å²) in [6, 6.07) is 1.27. The highest BCUT2D eigenvalue weighted by Crippen LogP contribution is 2.45. The molecule has 11 heteroatoms. The third kappa shape index (κ3) is 4.12. The molecule has 0 radical (unpaired) electrons. The SMILES string of the molecule is C=C1C(NC(=O)/C(=N\OC)c2csc(N)c2)C2SCC(C[N+]3(C)CCCC3)=C(C(=O)O)N12. The Morgan fingerprint density at radius 3 is 2.75 bits per heavy atom. The van der Waals surface area contributed by atoms with Gasteiger partial charge in [0.2, 0.25) is 0 Å². The van der Waals surface area contributed by atoms with Gasteiger partial charge in [0, 0.05) is 40.8 Å². The number of likely N-dealkylation sites (N-methyl/N-ethyl adjacent to an activating group) is 1. The quantitative estimate of drug-likeness (QED) is 0.310. The Bertz CT molecular complexity index is 1010. The number of carbonyl (C=O) groups is 2. The fourth-order valence-electron chi connectivity index (χ4n) is 4.66. The minimum atomic E-state index is -0.947. The van der Waals surface area contributed by atoms with Crippen molar-refractivity contribution in [2.24, 2.45) is 5.16 Å². The van der Waals surface area contributed by atoms with E-state index in [9.17, 15) is 14.7 Å². The summed E-state index contributed by atoms with van der Waals surface area (Å²) in [5, 5.41) is 18.9. The average molecular weight is 479 g/mol. The molecule has 2 unspecified atom stereocenters. The molecule has 0 bridgehead atoms. The number of carboxylic acids is 1. The van der Waals surface area contributed by atoms with Gasteiger partial charge in [-0.05, 0) is 6.07 Å². The van der Waals surface area contributed by atoms with Crippen LogP contribution in [0.15, 0.2) is 40.1 Å². The van der Waals surface area contributed by atoms with Crippen LogP contribution in [0.5, 0.6) is 0 Å². The van der Waals surface area contributed by atoms with Crippen molar-refractivity contribution in [3.63, 3.8) is 0 Å². The van der Waals surface area contributed by atoms with E-state index in [1.54, 1.807) is 28.1 Å². The zero-order valence-corrected chi connectivity index (χ0v) is 19.8. The molecule has 1 aromatic heterocycles. The second kappa shape index (κ2) is 8.80. The number of carbonyl (C=O) groups excluding carboxylic acids is 1. The smallest absolute Gasteiger partial charge is 0.352 e. The molecule has 2 fully saturated rings. The Kier molecular flexibility index (Phi) is 6.24. The predicted molar refractivity (Wildman–Crippen MR) is 126 cm³/mol. The third-order valence-electron chi connectivity index (χ3n) is 6.21. The van der Waals surface area contributed by atoms with Gasteiger partial charge in [0.25, 0.3) is 5.91 Å². The molecule has 2 saturated heterocycles. The second-order valence-electron chi connectivity index (χ2n) is 8.56. The zero-order chi connectivity index (χ0) is 23.0. The van der Waals surface area contributed by atoms with Crippen LogP contribution in [0.3, 0.4) is 0 Å². The van der Waals surface area contributed by atoms with E-state index in [0.717, 1.165) is 29.7 Å². The van der Waals surface area contributed by atoms with Crippen LogP contribution in [-0.2, 0) is 14.4 Å². The number of nitrogens with one attached hydrogen (secondary N) is 1. The molecule has 3 aliphatic heterocycles. The van der Waals surface area contributed by atoms with Crippen molar-refractivity contribution < 1.29 is 24.0 Å². The van der Waals surface area contributed by atoms with E-state index in [2.05, 4.69) is 24.1 Å². The van der Waals surface area contributed by atoms with E-state index in [0.29, 0.717) is 27.7 Å². The Balaban J connectivity index is 1.52. The van der Waals surface area contributed by atoms with Gasteiger partial charge in [-0.1, -0.05) is 11.7 Å². The van der Waals surface area contributed by atoms with E-state index in [1.807, 2.05) is 0 Å². The molecule has 0 aliphatic carbocycles. The van der Waals surface area contributed by atoms with Crippen molar-refractivity contribution in [3.05, 3.63) is 40.6 Å². The Morgan fingerprint density at radius 1 is 1.44 bits per heavy atom. The number of anilines is 1. The molecule has 32 heavy (non-hydrogen) atoms. The molecule has 4 N–H and O–H groups in total. The summed E-state index contributed by atoms with van der Waals surface area (Å²) < 4.78 is 0.873. The summed E-state index contributed by atoms with van der Waals surface area (Å²) >= 11 is 2.94. The van der Waals surface area contributed by atoms with Gasteiger partial charge in [-0.15, -0.1) is 23.1 Å². The van der Waals surface area contributed by atoms with Crippen LogP contribution in [0, 0.1) is 0 Å². The molecule has 4 heterocycles. The van der Waals surface area contributed by atoms with Crippen molar-refractivity contribution in [3.8, 4) is 0 Å². The number of aliphatic carboxylic acids is 1. The van der Waals surface area contributed by atoms with Crippen LogP contribution < -0.4 is 11.1 Å². The van der Waals surface area contributed by atoms with Gasteiger partial charge in [-0.2, -0.15) is 0 Å². The highest BCUT2D eigenvalue weighted by atomic mass is 32.2. The van der Waals surface area contributed by atoms with Crippen LogP contribution in [0.2, 0.25) is 0 Å². The number of carboxylic acid groups (broad SMARTS) is 1. The summed E-state index contributed by atoms with van der Waals surface area (Å²) in [7, 11) is 3.57. The second-order valence-corrected chi connectivity index (χ2v) is 10.6. The maximum absolute atomic E-state index is 13.0. The molecule has 4 rings (SSSR count). The maximum atomic E-state index is 13.0. The van der Waals surface area contributed by atoms with E-state index in [1.165, 1.54) is 31.3 Å². The lowest BCUT2D eigenvalue weighted by molar-refractivity contribution is -0.893. The average Bonchev–Trinajstić information content (AvgIpc) is 3.37. The Labute approximate surface area is 195 Å². The number of thiophene rings is 1. The number of likely N-dealkylation sites (tertiary alicyclic amines) is 1. The summed E-state index contributed by atoms with van der Waals surface area (Å²) in [4.78, 5) is 31.8. The van der Waals surface area contributed by atoms with Crippen LogP contribution in [0.25, 0.3) is 0 Å². The van der Waals surface area contributed by atoms with Crippen molar-refractivity contribution in [1.29, 1.82) is 0 Å². The van der Waals surface area contributed by atoms with E-state index in [-0.39, 0.29) is 11.1 Å². The minimum Gasteiger partial charge on any atom is -0.477 e. The van der Waals surface area contributed by atoms with E-state index in [4.69, 9.17) is 10.6 Å². The summed E-state index contributed by atoms with van der Waals surface area (Å²) in [5.41, 5.74) is 8.29. The maximum Gasteiger partial charge on any atom is 0.352 e. The van der Waals surface area contributed by atoms with Crippen LogP contribution in [0.4, 0.5) is 5.00 Å². The first-order valence-corrected chi connectivity index (χ1v) is 12.3. The number of nitrogen functional groups attached to an aromatic ring is 1. The number of hydrogen-bond acceptors (Lipinski definition) is 8. The number of rotatable bonds is 7. The molecule has 9 nitrogen and oxygen atoms in total. The fourth-order valence-corrected chi connectivity index (χ4v) is 6.71. The first-order chi connectivity index (χ1) is 15.2. The van der Waals surface area contributed by atoms with E-state index < -0.39 is 17.9 Å². The highest BCUT2D eigenvalue weighted by Gasteiger charge is 2.51. The first-order valence-electron chi connectivity index (χ1n) is 10.4. The molecule has 1 aromatic rings. The topological polar surface area (TPSA) is 117 Å². The van der Waals surface area contributed by atoms with Crippen molar-refractivity contribution in [1.82, 2.24) is 10.2 Å². The molecule has 3 aliphatic rings. The number of nitrogens with two attached hydrogens (primary N) is 1. The summed E-state index contributed by atoms with van der Waals surface area (Å²) in [6.07, 6.45) is 2.35. The molecule has 0 aromatic carbocycles. The fraction of sp³-hybridized carbons (Fsp3) is 0.476. The summed E-state index contributed by atoms with van der Waals surface area (Å²) in [6.45, 7) is 6.95.